The molecule has 1 aromatic carbocycles. The molecule has 0 saturated carbocycles. The minimum absolute atomic E-state index is 0.363. The van der Waals surface area contributed by atoms with Gasteiger partial charge in [-0.15, -0.1) is 0 Å². The van der Waals surface area contributed by atoms with Crippen LogP contribution in [0.2, 0.25) is 0 Å². The van der Waals surface area contributed by atoms with Gasteiger partial charge in [0.2, 0.25) is 0 Å². The molecule has 1 aliphatic heterocycles. The molecule has 0 atom stereocenters. The van der Waals surface area contributed by atoms with Crippen molar-refractivity contribution in [2.45, 2.75) is 32.0 Å². The van der Waals surface area contributed by atoms with Crippen molar-refractivity contribution in [3.63, 3.8) is 0 Å². The first-order valence-electron chi connectivity index (χ1n) is 9.24. The highest BCUT2D eigenvalue weighted by Gasteiger charge is 2.31. The minimum atomic E-state index is -4.36. The van der Waals surface area contributed by atoms with Crippen molar-refractivity contribution in [3.05, 3.63) is 52.7 Å². The first-order chi connectivity index (χ1) is 12.9. The third-order valence-corrected chi connectivity index (χ3v) is 5.46. The number of fused-ring (bicyclic) bond motifs is 1. The van der Waals surface area contributed by atoms with Crippen LogP contribution in [0.5, 0.6) is 5.75 Å². The molecule has 2 aromatic rings. The van der Waals surface area contributed by atoms with E-state index in [0.29, 0.717) is 31.2 Å². The van der Waals surface area contributed by atoms with Gasteiger partial charge in [-0.2, -0.15) is 13.2 Å². The second-order valence-corrected chi connectivity index (χ2v) is 7.27. The molecule has 0 radical (unpaired) electrons. The molecule has 0 unspecified atom stereocenters. The van der Waals surface area contributed by atoms with Crippen LogP contribution in [0.4, 0.5) is 19.0 Å². The maximum absolute atomic E-state index is 12.7. The smallest absolute Gasteiger partial charge is 0.417 e. The molecular weight excluding hydrogens is 355 g/mol. The maximum Gasteiger partial charge on any atom is 0.417 e. The molecule has 1 aromatic heterocycles. The fourth-order valence-electron chi connectivity index (χ4n) is 3.91. The van der Waals surface area contributed by atoms with Crippen LogP contribution in [-0.4, -0.2) is 41.2 Å². The molecule has 2 aliphatic rings. The van der Waals surface area contributed by atoms with Crippen LogP contribution >= 0.6 is 0 Å². The van der Waals surface area contributed by atoms with Gasteiger partial charge in [0.25, 0.3) is 0 Å². The number of pyridine rings is 1. The average Bonchev–Trinajstić information content (AvgIpc) is 3.09. The summed E-state index contributed by atoms with van der Waals surface area (Å²) in [6.45, 7) is 3.64. The van der Waals surface area contributed by atoms with Crippen molar-refractivity contribution in [1.82, 2.24) is 9.88 Å². The second-order valence-electron chi connectivity index (χ2n) is 7.27. The largest absolute Gasteiger partial charge is 0.508 e. The summed E-state index contributed by atoms with van der Waals surface area (Å²) in [6.07, 6.45) is -0.193. The van der Waals surface area contributed by atoms with Crippen LogP contribution in [0.3, 0.4) is 0 Å². The molecule has 1 N–H and O–H groups in total. The summed E-state index contributed by atoms with van der Waals surface area (Å²) >= 11 is 0. The highest BCUT2D eigenvalue weighted by molar-refractivity contribution is 5.44. The third kappa shape index (κ3) is 3.88. The van der Waals surface area contributed by atoms with Gasteiger partial charge in [-0.25, -0.2) is 4.98 Å². The predicted octanol–water partition coefficient (Wildman–Crippen LogP) is 3.62. The van der Waals surface area contributed by atoms with E-state index < -0.39 is 11.7 Å². The summed E-state index contributed by atoms with van der Waals surface area (Å²) in [4.78, 5) is 8.24. The molecular formula is C20H22F3N3O. The van der Waals surface area contributed by atoms with Gasteiger partial charge >= 0.3 is 6.18 Å². The van der Waals surface area contributed by atoms with Gasteiger partial charge in [-0.1, -0.05) is 6.07 Å². The van der Waals surface area contributed by atoms with Gasteiger partial charge in [-0.05, 0) is 48.6 Å². The van der Waals surface area contributed by atoms with Crippen molar-refractivity contribution >= 4 is 5.82 Å². The van der Waals surface area contributed by atoms with E-state index in [4.69, 9.17) is 0 Å². The fraction of sp³-hybridized carbons (Fsp3) is 0.450. The number of aryl methyl sites for hydroxylation is 2. The Kier molecular flexibility index (Phi) is 4.72. The number of aromatic nitrogens is 1. The van der Waals surface area contributed by atoms with Gasteiger partial charge in [0.05, 0.1) is 5.56 Å². The van der Waals surface area contributed by atoms with Gasteiger partial charge in [0, 0.05) is 44.5 Å². The number of phenols is 1. The van der Waals surface area contributed by atoms with Crippen molar-refractivity contribution in [2.24, 2.45) is 0 Å². The number of hydrogen-bond acceptors (Lipinski definition) is 4. The lowest BCUT2D eigenvalue weighted by Crippen LogP contribution is -2.46. The number of piperazine rings is 1. The lowest BCUT2D eigenvalue weighted by molar-refractivity contribution is -0.137. The van der Waals surface area contributed by atoms with E-state index in [1.165, 1.54) is 17.2 Å². The number of benzene rings is 1. The van der Waals surface area contributed by atoms with Gasteiger partial charge in [-0.3, -0.25) is 4.90 Å². The number of aromatic hydroxyl groups is 1. The Morgan fingerprint density at radius 1 is 1.00 bits per heavy atom. The molecule has 2 heterocycles. The fourth-order valence-corrected chi connectivity index (χ4v) is 3.91. The quantitative estimate of drug-likeness (QED) is 0.887. The van der Waals surface area contributed by atoms with E-state index in [0.717, 1.165) is 50.2 Å². The Bertz CT molecular complexity index is 812. The highest BCUT2D eigenvalue weighted by atomic mass is 19.4. The number of alkyl halides is 3. The Morgan fingerprint density at radius 3 is 2.33 bits per heavy atom. The van der Waals surface area contributed by atoms with Crippen LogP contribution in [0.15, 0.2) is 30.5 Å². The van der Waals surface area contributed by atoms with E-state index in [1.807, 2.05) is 11.0 Å². The Hall–Kier alpha value is -2.28. The van der Waals surface area contributed by atoms with E-state index >= 15 is 0 Å². The number of anilines is 1. The topological polar surface area (TPSA) is 39.6 Å². The number of rotatable bonds is 3. The molecule has 27 heavy (non-hydrogen) atoms. The standard InChI is InChI=1S/C20H22F3N3O/c21-20(22,23)17-4-5-19(24-12-17)26-8-6-25(7-9-26)13-16-10-14-2-1-3-15(14)11-18(16)27/h4-5,10-12,27H,1-3,6-9,13H2. The third-order valence-electron chi connectivity index (χ3n) is 5.46. The lowest BCUT2D eigenvalue weighted by atomic mass is 10.0. The van der Waals surface area contributed by atoms with E-state index in [1.54, 1.807) is 0 Å². The van der Waals surface area contributed by atoms with Crippen molar-refractivity contribution in [3.8, 4) is 5.75 Å². The average molecular weight is 377 g/mol. The van der Waals surface area contributed by atoms with Gasteiger partial charge in [0.15, 0.2) is 0 Å². The molecule has 1 aliphatic carbocycles. The number of hydrogen-bond donors (Lipinski definition) is 1. The monoisotopic (exact) mass is 377 g/mol. The minimum Gasteiger partial charge on any atom is -0.508 e. The summed E-state index contributed by atoms with van der Waals surface area (Å²) in [5, 5.41) is 10.3. The summed E-state index contributed by atoms with van der Waals surface area (Å²) in [5.74, 6) is 0.936. The van der Waals surface area contributed by atoms with Gasteiger partial charge < -0.3 is 10.0 Å². The van der Waals surface area contributed by atoms with E-state index in [2.05, 4.69) is 16.0 Å². The Balaban J connectivity index is 1.37. The van der Waals surface area contributed by atoms with Crippen LogP contribution < -0.4 is 4.90 Å². The van der Waals surface area contributed by atoms with Crippen molar-refractivity contribution in [1.29, 1.82) is 0 Å². The normalized spacial score (nSPS) is 18.0. The van der Waals surface area contributed by atoms with Crippen molar-refractivity contribution in [2.75, 3.05) is 31.1 Å². The number of halogens is 3. The van der Waals surface area contributed by atoms with Crippen LogP contribution in [-0.2, 0) is 25.6 Å². The zero-order valence-electron chi connectivity index (χ0n) is 15.0. The molecule has 1 saturated heterocycles. The Labute approximate surface area is 156 Å². The molecule has 1 fully saturated rings. The van der Waals surface area contributed by atoms with Crippen molar-refractivity contribution < 1.29 is 18.3 Å². The molecule has 0 spiro atoms. The zero-order valence-corrected chi connectivity index (χ0v) is 15.0. The molecule has 0 amide bonds. The molecule has 144 valence electrons. The second kappa shape index (κ2) is 7.03. The summed E-state index contributed by atoms with van der Waals surface area (Å²) in [7, 11) is 0. The van der Waals surface area contributed by atoms with E-state index in [-0.39, 0.29) is 0 Å². The van der Waals surface area contributed by atoms with E-state index in [9.17, 15) is 18.3 Å². The zero-order chi connectivity index (χ0) is 19.0. The summed E-state index contributed by atoms with van der Waals surface area (Å²) in [6, 6.07) is 6.55. The maximum atomic E-state index is 12.7. The van der Waals surface area contributed by atoms with Crippen LogP contribution in [0.1, 0.15) is 28.7 Å². The van der Waals surface area contributed by atoms with Crippen LogP contribution in [0, 0.1) is 0 Å². The summed E-state index contributed by atoms with van der Waals surface area (Å²) in [5.41, 5.74) is 2.83. The molecule has 4 nitrogen and oxygen atoms in total. The summed E-state index contributed by atoms with van der Waals surface area (Å²) < 4.78 is 38.0. The number of nitrogens with zero attached hydrogens (tertiary/aromatic N) is 3. The highest BCUT2D eigenvalue weighted by Crippen LogP contribution is 2.31. The van der Waals surface area contributed by atoms with Crippen LogP contribution in [0.25, 0.3) is 0 Å². The number of phenolic OH excluding ortho intramolecular Hbond substituents is 1. The molecule has 7 heteroatoms. The first-order valence-corrected chi connectivity index (χ1v) is 9.24. The Morgan fingerprint density at radius 2 is 1.70 bits per heavy atom. The predicted molar refractivity (Wildman–Crippen MR) is 96.9 cm³/mol. The SMILES string of the molecule is Oc1cc2c(cc1CN1CCN(c3ccc(C(F)(F)F)cn3)CC1)CCC2. The first kappa shape index (κ1) is 18.1. The molecule has 0 bridgehead atoms. The lowest BCUT2D eigenvalue weighted by Gasteiger charge is -2.35. The van der Waals surface area contributed by atoms with Gasteiger partial charge in [0.1, 0.15) is 11.6 Å². The molecule has 4 rings (SSSR count).